The molecule has 0 bridgehead atoms. The first-order chi connectivity index (χ1) is 27.8. The maximum Gasteiger partial charge on any atom is 0.136 e. The van der Waals surface area contributed by atoms with E-state index in [1.165, 1.54) is 61.2 Å². The molecule has 10 aromatic rings. The van der Waals surface area contributed by atoms with E-state index in [0.717, 1.165) is 33.1 Å². The molecule has 1 heteroatoms. The number of para-hydroxylation sites is 1. The van der Waals surface area contributed by atoms with Crippen LogP contribution in [0.1, 0.15) is 22.6 Å². The molecule has 0 radical (unpaired) electrons. The van der Waals surface area contributed by atoms with Crippen LogP contribution >= 0.6 is 0 Å². The first-order valence-electron chi connectivity index (χ1n) is 19.3. The summed E-state index contributed by atoms with van der Waals surface area (Å²) in [7, 11) is 0. The summed E-state index contributed by atoms with van der Waals surface area (Å²) < 4.78 is 6.24. The van der Waals surface area contributed by atoms with Gasteiger partial charge in [0.15, 0.2) is 0 Å². The molecule has 0 fully saturated rings. The topological polar surface area (TPSA) is 13.1 Å². The first-order valence-corrected chi connectivity index (χ1v) is 19.3. The van der Waals surface area contributed by atoms with Gasteiger partial charge in [0, 0.05) is 16.7 Å². The molecule has 0 spiro atoms. The second kappa shape index (κ2) is 14.5. The summed E-state index contributed by atoms with van der Waals surface area (Å²) in [6.45, 7) is 0. The van der Waals surface area contributed by atoms with E-state index in [1.54, 1.807) is 0 Å². The summed E-state index contributed by atoms with van der Waals surface area (Å²) in [4.78, 5) is 0. The second-order valence-corrected chi connectivity index (χ2v) is 14.4. The molecule has 0 saturated heterocycles. The lowest BCUT2D eigenvalue weighted by Gasteiger charge is -2.21. The molecule has 0 atom stereocenters. The van der Waals surface area contributed by atoms with Crippen molar-refractivity contribution >= 4 is 21.9 Å². The van der Waals surface area contributed by atoms with Crippen molar-refractivity contribution in [2.45, 2.75) is 5.92 Å². The third kappa shape index (κ3) is 6.30. The highest BCUT2D eigenvalue weighted by Gasteiger charge is 2.19. The van der Waals surface area contributed by atoms with E-state index in [2.05, 4.69) is 212 Å². The first kappa shape index (κ1) is 33.4. The average molecular weight is 715 g/mol. The molecule has 264 valence electrons. The maximum atomic E-state index is 6.24. The van der Waals surface area contributed by atoms with Crippen LogP contribution in [0, 0.1) is 0 Å². The van der Waals surface area contributed by atoms with Gasteiger partial charge in [-0.15, -0.1) is 0 Å². The van der Waals surface area contributed by atoms with Crippen LogP contribution in [0.2, 0.25) is 0 Å². The minimum Gasteiger partial charge on any atom is -0.456 e. The summed E-state index contributed by atoms with van der Waals surface area (Å²) in [5.74, 6) is 0.0405. The lowest BCUT2D eigenvalue weighted by atomic mass is 9.83. The maximum absolute atomic E-state index is 6.24. The standard InChI is InChI=1S/C55H38O/c1-3-13-39(14-4-1)47-17-7-9-19-49(47)41-25-31-44(32-26-41)55(45-33-27-42(28-34-45)50-20-10-8-18-48(50)40-15-5-2-6-16-40)43-29-23-38(24-30-43)46-35-36-52-51-21-11-12-22-53(51)56-54(52)37-46/h1-37,55H. The van der Waals surface area contributed by atoms with E-state index in [1.807, 2.05) is 12.1 Å². The Morgan fingerprint density at radius 1 is 0.250 bits per heavy atom. The quantitative estimate of drug-likeness (QED) is 0.143. The molecule has 0 aliphatic carbocycles. The normalized spacial score (nSPS) is 11.4. The van der Waals surface area contributed by atoms with Gasteiger partial charge in [0.1, 0.15) is 11.2 Å². The fourth-order valence-electron chi connectivity index (χ4n) is 8.27. The SMILES string of the molecule is c1ccc(-c2ccccc2-c2ccc(C(c3ccc(-c4ccc5c(c4)oc4ccccc45)cc3)c3ccc(-c4ccccc4-c4ccccc4)cc3)cc2)cc1. The molecule has 0 N–H and O–H groups in total. The van der Waals surface area contributed by atoms with Crippen LogP contribution < -0.4 is 0 Å². The minimum atomic E-state index is 0.0405. The van der Waals surface area contributed by atoms with E-state index >= 15 is 0 Å². The Balaban J connectivity index is 1.03. The van der Waals surface area contributed by atoms with Crippen molar-refractivity contribution in [3.63, 3.8) is 0 Å². The smallest absolute Gasteiger partial charge is 0.136 e. The fourth-order valence-corrected chi connectivity index (χ4v) is 8.27. The van der Waals surface area contributed by atoms with Gasteiger partial charge in [-0.2, -0.15) is 0 Å². The Hall–Kier alpha value is -7.22. The van der Waals surface area contributed by atoms with Gasteiger partial charge in [-0.3, -0.25) is 0 Å². The molecule has 0 unspecified atom stereocenters. The van der Waals surface area contributed by atoms with Gasteiger partial charge in [0.2, 0.25) is 0 Å². The largest absolute Gasteiger partial charge is 0.456 e. The van der Waals surface area contributed by atoms with Crippen molar-refractivity contribution in [3.8, 4) is 55.6 Å². The predicted octanol–water partition coefficient (Wildman–Crippen LogP) is 15.1. The Morgan fingerprint density at radius 3 is 1.09 bits per heavy atom. The minimum absolute atomic E-state index is 0.0405. The van der Waals surface area contributed by atoms with Crippen LogP contribution in [0.15, 0.2) is 229 Å². The van der Waals surface area contributed by atoms with Crippen molar-refractivity contribution in [2.24, 2.45) is 0 Å². The zero-order valence-electron chi connectivity index (χ0n) is 30.8. The Morgan fingerprint density at radius 2 is 0.607 bits per heavy atom. The number of benzene rings is 9. The molecular weight excluding hydrogens is 677 g/mol. The Labute approximate surface area is 327 Å². The molecule has 1 nitrogen and oxygen atoms in total. The third-order valence-electron chi connectivity index (χ3n) is 11.1. The highest BCUT2D eigenvalue weighted by Crippen LogP contribution is 2.39. The van der Waals surface area contributed by atoms with E-state index in [4.69, 9.17) is 4.42 Å². The number of rotatable bonds is 8. The molecule has 9 aromatic carbocycles. The van der Waals surface area contributed by atoms with Gasteiger partial charge >= 0.3 is 0 Å². The van der Waals surface area contributed by atoms with Crippen LogP contribution in [0.3, 0.4) is 0 Å². The molecule has 56 heavy (non-hydrogen) atoms. The van der Waals surface area contributed by atoms with Crippen molar-refractivity contribution in [3.05, 3.63) is 241 Å². The van der Waals surface area contributed by atoms with Gasteiger partial charge in [-0.25, -0.2) is 0 Å². The molecule has 10 rings (SSSR count). The van der Waals surface area contributed by atoms with E-state index in [9.17, 15) is 0 Å². The molecule has 1 aromatic heterocycles. The number of hydrogen-bond acceptors (Lipinski definition) is 1. The zero-order valence-corrected chi connectivity index (χ0v) is 30.8. The summed E-state index contributed by atoms with van der Waals surface area (Å²) in [6, 6.07) is 80.9. The van der Waals surface area contributed by atoms with Gasteiger partial charge in [0.05, 0.1) is 0 Å². The Bertz CT molecular complexity index is 2790. The van der Waals surface area contributed by atoms with Gasteiger partial charge in [-0.05, 0) is 90.5 Å². The highest BCUT2D eigenvalue weighted by molar-refractivity contribution is 6.05. The monoisotopic (exact) mass is 714 g/mol. The van der Waals surface area contributed by atoms with Crippen molar-refractivity contribution in [2.75, 3.05) is 0 Å². The van der Waals surface area contributed by atoms with Crippen LogP contribution in [-0.2, 0) is 0 Å². The highest BCUT2D eigenvalue weighted by atomic mass is 16.3. The van der Waals surface area contributed by atoms with Gasteiger partial charge < -0.3 is 4.42 Å². The zero-order chi connectivity index (χ0) is 37.3. The summed E-state index contributed by atoms with van der Waals surface area (Å²) in [6.07, 6.45) is 0. The summed E-state index contributed by atoms with van der Waals surface area (Å²) in [5, 5.41) is 2.29. The van der Waals surface area contributed by atoms with E-state index < -0.39 is 0 Å². The lowest BCUT2D eigenvalue weighted by Crippen LogP contribution is -2.04. The molecule has 0 aliphatic rings. The molecule has 1 heterocycles. The molecular formula is C55H38O. The van der Waals surface area contributed by atoms with Gasteiger partial charge in [-0.1, -0.05) is 206 Å². The van der Waals surface area contributed by atoms with E-state index in [-0.39, 0.29) is 5.92 Å². The van der Waals surface area contributed by atoms with Crippen LogP contribution in [-0.4, -0.2) is 0 Å². The van der Waals surface area contributed by atoms with Crippen molar-refractivity contribution in [1.82, 2.24) is 0 Å². The van der Waals surface area contributed by atoms with Crippen molar-refractivity contribution < 1.29 is 4.42 Å². The average Bonchev–Trinajstić information content (AvgIpc) is 3.66. The second-order valence-electron chi connectivity index (χ2n) is 14.4. The van der Waals surface area contributed by atoms with Crippen LogP contribution in [0.4, 0.5) is 0 Å². The van der Waals surface area contributed by atoms with E-state index in [0.29, 0.717) is 0 Å². The molecule has 0 amide bonds. The van der Waals surface area contributed by atoms with Crippen molar-refractivity contribution in [1.29, 1.82) is 0 Å². The summed E-state index contributed by atoms with van der Waals surface area (Å²) in [5.41, 5.74) is 17.7. The fraction of sp³-hybridized carbons (Fsp3) is 0.0182. The summed E-state index contributed by atoms with van der Waals surface area (Å²) >= 11 is 0. The lowest BCUT2D eigenvalue weighted by molar-refractivity contribution is 0.669. The number of furan rings is 1. The number of hydrogen-bond donors (Lipinski definition) is 0. The van der Waals surface area contributed by atoms with Crippen LogP contribution in [0.25, 0.3) is 77.6 Å². The van der Waals surface area contributed by atoms with Gasteiger partial charge in [0.25, 0.3) is 0 Å². The third-order valence-corrected chi connectivity index (χ3v) is 11.1. The molecule has 0 saturated carbocycles. The van der Waals surface area contributed by atoms with Crippen LogP contribution in [0.5, 0.6) is 0 Å². The number of fused-ring (bicyclic) bond motifs is 3. The Kier molecular flexibility index (Phi) is 8.67. The predicted molar refractivity (Wildman–Crippen MR) is 235 cm³/mol. The molecule has 0 aliphatic heterocycles.